The topological polar surface area (TPSA) is 39.1 Å². The zero-order chi connectivity index (χ0) is 5.98. The van der Waals surface area contributed by atoms with Gasteiger partial charge in [-0.25, -0.2) is 5.01 Å². The summed E-state index contributed by atoms with van der Waals surface area (Å²) in [7, 11) is 1.80. The molecule has 0 fully saturated rings. The molecule has 1 aliphatic rings. The van der Waals surface area contributed by atoms with Crippen LogP contribution < -0.4 is 5.43 Å². The molecule has 0 amide bonds. The summed E-state index contributed by atoms with van der Waals surface area (Å²) in [5, 5.41) is 10.0. The Balaban J connectivity index is 2.57. The molecule has 0 saturated heterocycles. The highest BCUT2D eigenvalue weighted by Gasteiger charge is 2.12. The van der Waals surface area contributed by atoms with Crippen LogP contribution in [0.5, 0.6) is 0 Å². The Bertz CT molecular complexity index is 144. The molecule has 0 aliphatic carbocycles. The summed E-state index contributed by atoms with van der Waals surface area (Å²) in [5.41, 5.74) is 2.80. The summed E-state index contributed by atoms with van der Waals surface area (Å²) in [6, 6.07) is 1.82. The smallest absolute Gasteiger partial charge is 0.142 e. The summed E-state index contributed by atoms with van der Waals surface area (Å²) in [5.74, 6) is 0. The van der Waals surface area contributed by atoms with E-state index in [4.69, 9.17) is 5.26 Å². The zero-order valence-corrected chi connectivity index (χ0v) is 4.55. The third-order valence-corrected chi connectivity index (χ3v) is 1.02. The van der Waals surface area contributed by atoms with Crippen LogP contribution in [-0.4, -0.2) is 18.1 Å². The minimum atomic E-state index is -0.213. The van der Waals surface area contributed by atoms with E-state index in [2.05, 4.69) is 11.5 Å². The van der Waals surface area contributed by atoms with Crippen molar-refractivity contribution < 1.29 is 0 Å². The minimum absolute atomic E-state index is 0.213. The van der Waals surface area contributed by atoms with E-state index in [9.17, 15) is 0 Å². The number of rotatable bonds is 0. The van der Waals surface area contributed by atoms with E-state index < -0.39 is 0 Å². The second-order valence-electron chi connectivity index (χ2n) is 1.58. The van der Waals surface area contributed by atoms with Gasteiger partial charge in [0, 0.05) is 19.3 Å². The maximum absolute atomic E-state index is 8.32. The molecule has 8 heavy (non-hydrogen) atoms. The fourth-order valence-corrected chi connectivity index (χ4v) is 0.528. The molecule has 0 aromatic carbocycles. The normalized spacial score (nSPS) is 27.2. The Morgan fingerprint density at radius 3 is 3.00 bits per heavy atom. The van der Waals surface area contributed by atoms with E-state index in [1.54, 1.807) is 18.3 Å². The Hall–Kier alpha value is -1.01. The van der Waals surface area contributed by atoms with Crippen LogP contribution >= 0.6 is 0 Å². The molecule has 1 N–H and O–H groups in total. The van der Waals surface area contributed by atoms with Crippen LogP contribution in [0.1, 0.15) is 0 Å². The molecule has 1 heterocycles. The lowest BCUT2D eigenvalue weighted by Gasteiger charge is -2.10. The SMILES string of the molecule is CN1NC=[C]C1C#N. The molecule has 0 bridgehead atoms. The van der Waals surface area contributed by atoms with Crippen molar-refractivity contribution in [2.75, 3.05) is 7.05 Å². The van der Waals surface area contributed by atoms with Gasteiger partial charge in [0.2, 0.25) is 0 Å². The van der Waals surface area contributed by atoms with Crippen LogP contribution in [-0.2, 0) is 0 Å². The van der Waals surface area contributed by atoms with Gasteiger partial charge in [-0.2, -0.15) is 5.26 Å². The third-order valence-electron chi connectivity index (χ3n) is 1.02. The van der Waals surface area contributed by atoms with Gasteiger partial charge in [0.15, 0.2) is 0 Å². The van der Waals surface area contributed by atoms with Crippen molar-refractivity contribution >= 4 is 0 Å². The van der Waals surface area contributed by atoms with E-state index in [1.807, 2.05) is 6.07 Å². The molecule has 1 unspecified atom stereocenters. The molecule has 0 saturated carbocycles. The highest BCUT2D eigenvalue weighted by Crippen LogP contribution is 1.96. The summed E-state index contributed by atoms with van der Waals surface area (Å²) in [6.07, 6.45) is 4.42. The molecular formula is C5H6N3. The molecule has 41 valence electrons. The molecule has 3 nitrogen and oxygen atoms in total. The third kappa shape index (κ3) is 0.658. The van der Waals surface area contributed by atoms with Crippen LogP contribution in [0, 0.1) is 17.4 Å². The van der Waals surface area contributed by atoms with Crippen LogP contribution in [0.15, 0.2) is 6.20 Å². The second kappa shape index (κ2) is 1.85. The first-order valence-electron chi connectivity index (χ1n) is 2.31. The van der Waals surface area contributed by atoms with Gasteiger partial charge in [-0.15, -0.1) is 0 Å². The van der Waals surface area contributed by atoms with Gasteiger partial charge in [-0.05, 0) is 0 Å². The van der Waals surface area contributed by atoms with Gasteiger partial charge in [-0.3, -0.25) is 0 Å². The fraction of sp³-hybridized carbons (Fsp3) is 0.400. The van der Waals surface area contributed by atoms with Crippen molar-refractivity contribution in [3.05, 3.63) is 12.3 Å². The fourth-order valence-electron chi connectivity index (χ4n) is 0.528. The highest BCUT2D eigenvalue weighted by atomic mass is 15.5. The number of nitrogens with zero attached hydrogens (tertiary/aromatic N) is 2. The predicted molar refractivity (Wildman–Crippen MR) is 28.1 cm³/mol. The number of nitriles is 1. The Morgan fingerprint density at radius 2 is 2.75 bits per heavy atom. The molecule has 1 atom stereocenters. The first-order chi connectivity index (χ1) is 3.84. The van der Waals surface area contributed by atoms with Crippen LogP contribution in [0.3, 0.4) is 0 Å². The predicted octanol–water partition coefficient (Wildman–Crippen LogP) is -0.355. The van der Waals surface area contributed by atoms with E-state index in [1.165, 1.54) is 0 Å². The molecule has 0 aromatic rings. The number of likely N-dealkylation sites (N-methyl/N-ethyl adjacent to an activating group) is 1. The van der Waals surface area contributed by atoms with Crippen LogP contribution in [0.25, 0.3) is 0 Å². The Labute approximate surface area is 48.2 Å². The average Bonchev–Trinajstić information content (AvgIpc) is 2.14. The van der Waals surface area contributed by atoms with Crippen molar-refractivity contribution in [3.8, 4) is 6.07 Å². The first kappa shape index (κ1) is 5.13. The lowest BCUT2D eigenvalue weighted by atomic mass is 10.3. The highest BCUT2D eigenvalue weighted by molar-refractivity contribution is 5.03. The summed E-state index contributed by atoms with van der Waals surface area (Å²) in [4.78, 5) is 0. The quantitative estimate of drug-likeness (QED) is 0.461. The Morgan fingerprint density at radius 1 is 2.00 bits per heavy atom. The first-order valence-corrected chi connectivity index (χ1v) is 2.31. The molecule has 1 aliphatic heterocycles. The minimum Gasteiger partial charge on any atom is -0.324 e. The van der Waals surface area contributed by atoms with Crippen molar-refractivity contribution in [1.82, 2.24) is 10.4 Å². The average molecular weight is 108 g/mol. The number of hydrogen-bond donors (Lipinski definition) is 1. The zero-order valence-electron chi connectivity index (χ0n) is 4.55. The van der Waals surface area contributed by atoms with Gasteiger partial charge >= 0.3 is 0 Å². The van der Waals surface area contributed by atoms with E-state index in [-0.39, 0.29) is 6.04 Å². The largest absolute Gasteiger partial charge is 0.324 e. The standard InChI is InChI=1S/C5H6N3/c1-8-5(4-6)2-3-7-8/h3,5,7H,1H3. The van der Waals surface area contributed by atoms with Crippen molar-refractivity contribution in [1.29, 1.82) is 5.26 Å². The van der Waals surface area contributed by atoms with Crippen LogP contribution in [0.4, 0.5) is 0 Å². The number of hydrogen-bond acceptors (Lipinski definition) is 3. The van der Waals surface area contributed by atoms with Gasteiger partial charge in [0.1, 0.15) is 6.04 Å². The van der Waals surface area contributed by atoms with Gasteiger partial charge in [0.05, 0.1) is 6.07 Å². The lowest BCUT2D eigenvalue weighted by Crippen LogP contribution is -2.32. The van der Waals surface area contributed by atoms with E-state index in [0.717, 1.165) is 0 Å². The molecule has 0 aromatic heterocycles. The van der Waals surface area contributed by atoms with E-state index >= 15 is 0 Å². The van der Waals surface area contributed by atoms with Gasteiger partial charge in [0.25, 0.3) is 0 Å². The van der Waals surface area contributed by atoms with Gasteiger partial charge < -0.3 is 5.43 Å². The Kier molecular flexibility index (Phi) is 1.18. The summed E-state index contributed by atoms with van der Waals surface area (Å²) in [6.45, 7) is 0. The summed E-state index contributed by atoms with van der Waals surface area (Å²) < 4.78 is 0. The number of hydrazine groups is 1. The monoisotopic (exact) mass is 108 g/mol. The molecule has 1 rings (SSSR count). The summed E-state index contributed by atoms with van der Waals surface area (Å²) >= 11 is 0. The lowest BCUT2D eigenvalue weighted by molar-refractivity contribution is 0.288. The molecule has 1 radical (unpaired) electrons. The maximum Gasteiger partial charge on any atom is 0.142 e. The van der Waals surface area contributed by atoms with Crippen molar-refractivity contribution in [2.24, 2.45) is 0 Å². The maximum atomic E-state index is 8.32. The van der Waals surface area contributed by atoms with Gasteiger partial charge in [-0.1, -0.05) is 0 Å². The van der Waals surface area contributed by atoms with E-state index in [0.29, 0.717) is 0 Å². The molecule has 3 heteroatoms. The second-order valence-corrected chi connectivity index (χ2v) is 1.58. The number of nitrogens with one attached hydrogen (secondary N) is 1. The molecular weight excluding hydrogens is 102 g/mol. The van der Waals surface area contributed by atoms with Crippen molar-refractivity contribution in [3.63, 3.8) is 0 Å². The molecule has 0 spiro atoms. The van der Waals surface area contributed by atoms with Crippen molar-refractivity contribution in [2.45, 2.75) is 6.04 Å². The van der Waals surface area contributed by atoms with Crippen LogP contribution in [0.2, 0.25) is 0 Å².